The quantitative estimate of drug-likeness (QED) is 0.120. The number of hydrogen-bond donors (Lipinski definition) is 0. The molecule has 1 heteroatoms. The van der Waals surface area contributed by atoms with Crippen molar-refractivity contribution < 1.29 is 0 Å². The second-order valence-corrected chi connectivity index (χ2v) is 22.8. The molecule has 1 aromatic heterocycles. The first-order chi connectivity index (χ1) is 41.5. The van der Waals surface area contributed by atoms with Crippen LogP contribution >= 0.6 is 0 Å². The molecule has 0 spiro atoms. The fourth-order valence-corrected chi connectivity index (χ4v) is 14.4. The van der Waals surface area contributed by atoms with Gasteiger partial charge in [0.15, 0.2) is 0 Å². The van der Waals surface area contributed by atoms with Gasteiger partial charge in [0.2, 0.25) is 0 Å². The van der Waals surface area contributed by atoms with Crippen molar-refractivity contribution in [2.45, 2.75) is 17.8 Å². The van der Waals surface area contributed by atoms with Crippen LogP contribution in [0.5, 0.6) is 0 Å². The SMILES string of the molecule is Cc1ccc2c(c1)C(c1ccccc1)(c1ccccc1)c1cc(-c3ccc4c(c3)C(c3ccccc3)(c3ccccc3)c3cc(-c5ccc(/C=C/c6ccc(-c7ccc8c(c7)c7ccccc7n8-c7ccccc7)cc6)cc5)ccc3-4)ccc1-2. The molecule has 2 aliphatic rings. The highest BCUT2D eigenvalue weighted by molar-refractivity contribution is 6.10. The summed E-state index contributed by atoms with van der Waals surface area (Å²) in [7, 11) is 0. The summed E-state index contributed by atoms with van der Waals surface area (Å²) < 4.78 is 2.37. The van der Waals surface area contributed by atoms with Gasteiger partial charge in [-0.2, -0.15) is 0 Å². The van der Waals surface area contributed by atoms with Crippen LogP contribution < -0.4 is 0 Å². The Bertz CT molecular complexity index is 4760. The smallest absolute Gasteiger partial charge is 0.0713 e. The molecule has 14 aromatic rings. The number of fused-ring (bicyclic) bond motifs is 9. The predicted molar refractivity (Wildman–Crippen MR) is 352 cm³/mol. The van der Waals surface area contributed by atoms with Gasteiger partial charge >= 0.3 is 0 Å². The van der Waals surface area contributed by atoms with Crippen LogP contribution in [0.3, 0.4) is 0 Å². The van der Waals surface area contributed by atoms with Crippen molar-refractivity contribution in [2.24, 2.45) is 0 Å². The van der Waals surface area contributed by atoms with Crippen LogP contribution in [0.1, 0.15) is 61.2 Å². The van der Waals surface area contributed by atoms with Crippen LogP contribution in [-0.4, -0.2) is 4.57 Å². The molecule has 13 aromatic carbocycles. The van der Waals surface area contributed by atoms with E-state index in [1.807, 2.05) is 0 Å². The monoisotopic (exact) mass is 1070 g/mol. The van der Waals surface area contributed by atoms with Crippen molar-refractivity contribution in [3.05, 3.63) is 377 Å². The van der Waals surface area contributed by atoms with Crippen LogP contribution in [0.4, 0.5) is 0 Å². The van der Waals surface area contributed by atoms with E-state index in [9.17, 15) is 0 Å². The second kappa shape index (κ2) is 19.8. The Morgan fingerprint density at radius 3 is 1.05 bits per heavy atom. The van der Waals surface area contributed by atoms with Crippen LogP contribution in [0.2, 0.25) is 0 Å². The van der Waals surface area contributed by atoms with E-state index in [-0.39, 0.29) is 0 Å². The third-order valence-electron chi connectivity index (χ3n) is 18.2. The molecule has 84 heavy (non-hydrogen) atoms. The zero-order valence-corrected chi connectivity index (χ0v) is 46.6. The minimum absolute atomic E-state index is 0.497. The van der Waals surface area contributed by atoms with E-state index in [4.69, 9.17) is 0 Å². The standard InChI is InChI=1S/C83H57N/c1-56-31-46-70-71-48-43-63(54-78(71)82(76(70)51-56,65-19-7-2-8-20-65)66-21-9-3-10-22-66)64-44-49-73-72-47-42-62(53-77(72)83(79(73)55-64,67-23-11-4-12-24-67)68-25-13-5-14-26-68)60-40-36-58(37-41-60)33-32-57-34-38-59(39-35-57)61-45-50-81-75(52-61)74-29-17-18-30-80(74)84(81)69-27-15-6-16-28-69/h2-55H,1H3/b33-32+. The average Bonchev–Trinajstić information content (AvgIpc) is 1.67. The van der Waals surface area contributed by atoms with E-state index in [1.54, 1.807) is 0 Å². The van der Waals surface area contributed by atoms with Crippen molar-refractivity contribution in [3.8, 4) is 61.3 Å². The minimum atomic E-state index is -0.588. The van der Waals surface area contributed by atoms with Gasteiger partial charge in [-0.3, -0.25) is 0 Å². The van der Waals surface area contributed by atoms with E-state index in [2.05, 4.69) is 339 Å². The topological polar surface area (TPSA) is 4.93 Å². The summed E-state index contributed by atoms with van der Waals surface area (Å²) in [6, 6.07) is 118. The molecule has 1 nitrogen and oxygen atoms in total. The summed E-state index contributed by atoms with van der Waals surface area (Å²) in [5.74, 6) is 0. The van der Waals surface area contributed by atoms with Crippen molar-refractivity contribution in [1.29, 1.82) is 0 Å². The summed E-state index contributed by atoms with van der Waals surface area (Å²) in [6.45, 7) is 2.22. The molecule has 0 amide bonds. The Hall–Kier alpha value is -10.6. The number of benzene rings is 13. The first-order valence-corrected chi connectivity index (χ1v) is 29.3. The van der Waals surface area contributed by atoms with Crippen molar-refractivity contribution in [3.63, 3.8) is 0 Å². The maximum atomic E-state index is 2.51. The molecular weight excluding hydrogens is 1010 g/mol. The van der Waals surface area contributed by atoms with Gasteiger partial charge in [0.05, 0.1) is 21.9 Å². The Morgan fingerprint density at radius 1 is 0.262 bits per heavy atom. The van der Waals surface area contributed by atoms with Gasteiger partial charge < -0.3 is 4.57 Å². The largest absolute Gasteiger partial charge is 0.309 e. The molecule has 0 N–H and O–H groups in total. The van der Waals surface area contributed by atoms with E-state index in [0.29, 0.717) is 0 Å². The van der Waals surface area contributed by atoms with Gasteiger partial charge in [-0.05, 0) is 167 Å². The molecule has 0 aliphatic heterocycles. The molecule has 16 rings (SSSR count). The Labute approximate surface area is 491 Å². The van der Waals surface area contributed by atoms with Crippen molar-refractivity contribution >= 4 is 34.0 Å². The Balaban J connectivity index is 0.746. The third-order valence-corrected chi connectivity index (χ3v) is 18.2. The highest BCUT2D eigenvalue weighted by Gasteiger charge is 2.48. The van der Waals surface area contributed by atoms with Crippen LogP contribution in [-0.2, 0) is 10.8 Å². The number of hydrogen-bond acceptors (Lipinski definition) is 0. The number of para-hydroxylation sites is 2. The summed E-state index contributed by atoms with van der Waals surface area (Å²) in [6.07, 6.45) is 4.44. The molecule has 2 aliphatic carbocycles. The van der Waals surface area contributed by atoms with Gasteiger partial charge in [0.1, 0.15) is 0 Å². The number of aromatic nitrogens is 1. The lowest BCUT2D eigenvalue weighted by Crippen LogP contribution is -2.29. The maximum absolute atomic E-state index is 2.51. The van der Waals surface area contributed by atoms with E-state index in [0.717, 1.165) is 11.1 Å². The lowest BCUT2D eigenvalue weighted by molar-refractivity contribution is 0.767. The molecule has 0 saturated carbocycles. The molecule has 1 heterocycles. The van der Waals surface area contributed by atoms with E-state index in [1.165, 1.54) is 133 Å². The van der Waals surface area contributed by atoms with Gasteiger partial charge in [0.25, 0.3) is 0 Å². The van der Waals surface area contributed by atoms with Crippen LogP contribution in [0.25, 0.3) is 95.3 Å². The molecule has 0 radical (unpaired) electrons. The van der Waals surface area contributed by atoms with Crippen molar-refractivity contribution in [2.75, 3.05) is 0 Å². The first-order valence-electron chi connectivity index (χ1n) is 29.3. The normalized spacial score (nSPS) is 13.4. The van der Waals surface area contributed by atoms with Gasteiger partial charge in [0, 0.05) is 16.5 Å². The zero-order valence-electron chi connectivity index (χ0n) is 46.6. The third kappa shape index (κ3) is 7.70. The molecule has 0 bridgehead atoms. The zero-order chi connectivity index (χ0) is 55.8. The average molecular weight is 1070 g/mol. The lowest BCUT2D eigenvalue weighted by Gasteiger charge is -2.35. The van der Waals surface area contributed by atoms with Crippen LogP contribution in [0, 0.1) is 6.92 Å². The summed E-state index contributed by atoms with van der Waals surface area (Å²) in [5, 5.41) is 2.52. The van der Waals surface area contributed by atoms with Gasteiger partial charge in [-0.15, -0.1) is 0 Å². The molecular formula is C83H57N. The molecule has 394 valence electrons. The van der Waals surface area contributed by atoms with Crippen molar-refractivity contribution in [1.82, 2.24) is 4.57 Å². The molecule has 0 saturated heterocycles. The summed E-state index contributed by atoms with van der Waals surface area (Å²) >= 11 is 0. The predicted octanol–water partition coefficient (Wildman–Crippen LogP) is 21.0. The minimum Gasteiger partial charge on any atom is -0.309 e. The highest BCUT2D eigenvalue weighted by atomic mass is 15.0. The number of nitrogens with zero attached hydrogens (tertiary/aromatic N) is 1. The fraction of sp³-hybridized carbons (Fsp3) is 0.0361. The van der Waals surface area contributed by atoms with Gasteiger partial charge in [-0.1, -0.05) is 285 Å². The maximum Gasteiger partial charge on any atom is 0.0713 e. The fourth-order valence-electron chi connectivity index (χ4n) is 14.4. The van der Waals surface area contributed by atoms with E-state index >= 15 is 0 Å². The van der Waals surface area contributed by atoms with E-state index < -0.39 is 10.8 Å². The van der Waals surface area contributed by atoms with Gasteiger partial charge in [-0.25, -0.2) is 0 Å². The lowest BCUT2D eigenvalue weighted by atomic mass is 9.66. The first kappa shape index (κ1) is 49.2. The summed E-state index contributed by atoms with van der Waals surface area (Å²) in [4.78, 5) is 0. The molecule has 0 atom stereocenters. The molecule has 0 unspecified atom stereocenters. The Kier molecular flexibility index (Phi) is 11.6. The number of rotatable bonds is 10. The van der Waals surface area contributed by atoms with Crippen LogP contribution in [0.15, 0.2) is 315 Å². The molecule has 0 fully saturated rings. The Morgan fingerprint density at radius 2 is 0.595 bits per heavy atom. The highest BCUT2D eigenvalue weighted by Crippen LogP contribution is 2.60. The second-order valence-electron chi connectivity index (χ2n) is 22.8. The summed E-state index contributed by atoms with van der Waals surface area (Å²) in [5.41, 5.74) is 28.7. The number of aryl methyl sites for hydroxylation is 1.